The maximum Gasteiger partial charge on any atom is 0.166 e. The molecule has 0 atom stereocenters. The highest BCUT2D eigenvalue weighted by molar-refractivity contribution is 5.46. The molecule has 15 heavy (non-hydrogen) atoms. The molecule has 0 fully saturated rings. The molecule has 3 nitrogen and oxygen atoms in total. The van der Waals surface area contributed by atoms with Crippen molar-refractivity contribution in [2.45, 2.75) is 26.4 Å². The summed E-state index contributed by atoms with van der Waals surface area (Å²) in [6.45, 7) is 2.74. The van der Waals surface area contributed by atoms with Gasteiger partial charge in [-0.1, -0.05) is 25.5 Å². The van der Waals surface area contributed by atoms with Crippen LogP contribution in [0.5, 0.6) is 11.5 Å². The SMILES string of the molecule is CCCCOc1c(CO)cccc1OC. The van der Waals surface area contributed by atoms with Crippen LogP contribution >= 0.6 is 0 Å². The van der Waals surface area contributed by atoms with E-state index in [0.29, 0.717) is 18.1 Å². The quantitative estimate of drug-likeness (QED) is 0.732. The van der Waals surface area contributed by atoms with Gasteiger partial charge in [0, 0.05) is 5.56 Å². The smallest absolute Gasteiger partial charge is 0.166 e. The summed E-state index contributed by atoms with van der Waals surface area (Å²) in [5, 5.41) is 9.16. The summed E-state index contributed by atoms with van der Waals surface area (Å²) in [6, 6.07) is 5.52. The Hall–Kier alpha value is -1.22. The van der Waals surface area contributed by atoms with Crippen LogP contribution in [-0.2, 0) is 6.61 Å². The number of methoxy groups -OCH3 is 1. The third kappa shape index (κ3) is 3.13. The van der Waals surface area contributed by atoms with Crippen molar-refractivity contribution in [3.05, 3.63) is 23.8 Å². The lowest BCUT2D eigenvalue weighted by molar-refractivity contribution is 0.252. The minimum absolute atomic E-state index is 0.0291. The molecule has 0 saturated heterocycles. The van der Waals surface area contributed by atoms with E-state index in [9.17, 15) is 0 Å². The number of hydrogen-bond donors (Lipinski definition) is 1. The maximum atomic E-state index is 9.16. The van der Waals surface area contributed by atoms with Crippen molar-refractivity contribution in [1.82, 2.24) is 0 Å². The van der Waals surface area contributed by atoms with Crippen LogP contribution in [0.2, 0.25) is 0 Å². The van der Waals surface area contributed by atoms with E-state index >= 15 is 0 Å². The number of aliphatic hydroxyl groups is 1. The second-order valence-corrected chi connectivity index (χ2v) is 3.31. The third-order valence-corrected chi connectivity index (χ3v) is 2.20. The standard InChI is InChI=1S/C12H18O3/c1-3-4-8-15-12-10(9-13)6-5-7-11(12)14-2/h5-7,13H,3-4,8-9H2,1-2H3. The number of hydrogen-bond acceptors (Lipinski definition) is 3. The van der Waals surface area contributed by atoms with E-state index in [1.165, 1.54) is 0 Å². The number of rotatable bonds is 6. The van der Waals surface area contributed by atoms with E-state index in [2.05, 4.69) is 6.92 Å². The molecular formula is C12H18O3. The van der Waals surface area contributed by atoms with E-state index in [0.717, 1.165) is 18.4 Å². The summed E-state index contributed by atoms with van der Waals surface area (Å²) < 4.78 is 10.8. The Balaban J connectivity index is 2.80. The monoisotopic (exact) mass is 210 g/mol. The van der Waals surface area contributed by atoms with Crippen molar-refractivity contribution in [1.29, 1.82) is 0 Å². The minimum Gasteiger partial charge on any atom is -0.493 e. The Labute approximate surface area is 90.6 Å². The van der Waals surface area contributed by atoms with Gasteiger partial charge in [0.2, 0.25) is 0 Å². The normalized spacial score (nSPS) is 10.1. The van der Waals surface area contributed by atoms with Crippen LogP contribution in [0.15, 0.2) is 18.2 Å². The second kappa shape index (κ2) is 6.30. The highest BCUT2D eigenvalue weighted by Gasteiger charge is 2.08. The molecule has 0 bridgehead atoms. The van der Waals surface area contributed by atoms with Crippen LogP contribution in [0.25, 0.3) is 0 Å². The first-order chi connectivity index (χ1) is 7.33. The largest absolute Gasteiger partial charge is 0.493 e. The fourth-order valence-corrected chi connectivity index (χ4v) is 1.33. The Kier molecular flexibility index (Phi) is 4.98. The van der Waals surface area contributed by atoms with Gasteiger partial charge in [-0.15, -0.1) is 0 Å². The number of para-hydroxylation sites is 1. The van der Waals surface area contributed by atoms with Crippen LogP contribution in [0.4, 0.5) is 0 Å². The van der Waals surface area contributed by atoms with Crippen LogP contribution < -0.4 is 9.47 Å². The van der Waals surface area contributed by atoms with Gasteiger partial charge in [-0.2, -0.15) is 0 Å². The summed E-state index contributed by atoms with van der Waals surface area (Å²) in [5.74, 6) is 1.34. The van der Waals surface area contributed by atoms with Gasteiger partial charge in [-0.3, -0.25) is 0 Å². The molecule has 1 rings (SSSR count). The zero-order valence-corrected chi connectivity index (χ0v) is 9.32. The van der Waals surface area contributed by atoms with E-state index in [4.69, 9.17) is 14.6 Å². The Morgan fingerprint density at radius 2 is 2.13 bits per heavy atom. The first-order valence-electron chi connectivity index (χ1n) is 5.23. The molecule has 0 aliphatic heterocycles. The van der Waals surface area contributed by atoms with Gasteiger partial charge in [-0.05, 0) is 12.5 Å². The van der Waals surface area contributed by atoms with E-state index < -0.39 is 0 Å². The number of benzene rings is 1. The predicted octanol–water partition coefficient (Wildman–Crippen LogP) is 2.37. The summed E-state index contributed by atoms with van der Waals surface area (Å²) >= 11 is 0. The molecule has 0 saturated carbocycles. The van der Waals surface area contributed by atoms with Crippen molar-refractivity contribution in [3.63, 3.8) is 0 Å². The average Bonchev–Trinajstić information content (AvgIpc) is 2.29. The topological polar surface area (TPSA) is 38.7 Å². The molecule has 0 amide bonds. The van der Waals surface area contributed by atoms with E-state index in [1.807, 2.05) is 18.2 Å². The molecule has 0 aliphatic rings. The van der Waals surface area contributed by atoms with Crippen molar-refractivity contribution >= 4 is 0 Å². The van der Waals surface area contributed by atoms with Crippen LogP contribution in [0.3, 0.4) is 0 Å². The van der Waals surface area contributed by atoms with Crippen molar-refractivity contribution in [3.8, 4) is 11.5 Å². The summed E-state index contributed by atoms with van der Waals surface area (Å²) in [4.78, 5) is 0. The van der Waals surface area contributed by atoms with Gasteiger partial charge >= 0.3 is 0 Å². The molecule has 0 radical (unpaired) electrons. The predicted molar refractivity (Wildman–Crippen MR) is 59.3 cm³/mol. The van der Waals surface area contributed by atoms with Gasteiger partial charge in [0.15, 0.2) is 11.5 Å². The fourth-order valence-electron chi connectivity index (χ4n) is 1.33. The molecule has 0 spiro atoms. The molecule has 3 heteroatoms. The lowest BCUT2D eigenvalue weighted by Crippen LogP contribution is -2.02. The van der Waals surface area contributed by atoms with E-state index in [-0.39, 0.29) is 6.61 Å². The molecule has 1 N–H and O–H groups in total. The van der Waals surface area contributed by atoms with Gasteiger partial charge in [-0.25, -0.2) is 0 Å². The number of ether oxygens (including phenoxy) is 2. The molecule has 0 aromatic heterocycles. The first kappa shape index (κ1) is 11.9. The fraction of sp³-hybridized carbons (Fsp3) is 0.500. The lowest BCUT2D eigenvalue weighted by Gasteiger charge is -2.13. The molecule has 0 unspecified atom stereocenters. The van der Waals surface area contributed by atoms with Gasteiger partial charge in [0.25, 0.3) is 0 Å². The molecule has 1 aromatic carbocycles. The van der Waals surface area contributed by atoms with Crippen LogP contribution in [0, 0.1) is 0 Å². The molecule has 1 aromatic rings. The van der Waals surface area contributed by atoms with Crippen molar-refractivity contribution < 1.29 is 14.6 Å². The van der Waals surface area contributed by atoms with Gasteiger partial charge in [0.1, 0.15) is 0 Å². The van der Waals surface area contributed by atoms with Gasteiger partial charge in [0.05, 0.1) is 20.3 Å². The molecule has 0 aliphatic carbocycles. The average molecular weight is 210 g/mol. The molecular weight excluding hydrogens is 192 g/mol. The highest BCUT2D eigenvalue weighted by atomic mass is 16.5. The van der Waals surface area contributed by atoms with E-state index in [1.54, 1.807) is 7.11 Å². The molecule has 0 heterocycles. The first-order valence-corrected chi connectivity index (χ1v) is 5.23. The van der Waals surface area contributed by atoms with Crippen molar-refractivity contribution in [2.24, 2.45) is 0 Å². The zero-order chi connectivity index (χ0) is 11.1. The maximum absolute atomic E-state index is 9.16. The van der Waals surface area contributed by atoms with Crippen LogP contribution in [-0.4, -0.2) is 18.8 Å². The minimum atomic E-state index is -0.0291. The Bertz CT molecular complexity index is 275. The second-order valence-electron chi connectivity index (χ2n) is 3.31. The zero-order valence-electron chi connectivity index (χ0n) is 9.32. The molecule has 84 valence electrons. The Morgan fingerprint density at radius 1 is 1.33 bits per heavy atom. The Morgan fingerprint density at radius 3 is 2.73 bits per heavy atom. The number of aliphatic hydroxyl groups excluding tert-OH is 1. The van der Waals surface area contributed by atoms with Crippen LogP contribution in [0.1, 0.15) is 25.3 Å². The summed E-state index contributed by atoms with van der Waals surface area (Å²) in [6.07, 6.45) is 2.09. The lowest BCUT2D eigenvalue weighted by atomic mass is 10.2. The summed E-state index contributed by atoms with van der Waals surface area (Å²) in [5.41, 5.74) is 0.769. The summed E-state index contributed by atoms with van der Waals surface area (Å²) in [7, 11) is 1.60. The third-order valence-electron chi connectivity index (χ3n) is 2.20. The highest BCUT2D eigenvalue weighted by Crippen LogP contribution is 2.31. The van der Waals surface area contributed by atoms with Gasteiger partial charge < -0.3 is 14.6 Å². The van der Waals surface area contributed by atoms with Crippen molar-refractivity contribution in [2.75, 3.05) is 13.7 Å². The number of unbranched alkanes of at least 4 members (excludes halogenated alkanes) is 1.